The van der Waals surface area contributed by atoms with Crippen LogP contribution >= 0.6 is 23.1 Å². The van der Waals surface area contributed by atoms with Crippen LogP contribution in [0, 0.1) is 0 Å². The highest BCUT2D eigenvalue weighted by Crippen LogP contribution is 2.28. The second kappa shape index (κ2) is 9.48. The topological polar surface area (TPSA) is 80.0 Å². The molecule has 0 aliphatic carbocycles. The minimum Gasteiger partial charge on any atom is -0.352 e. The van der Waals surface area contributed by atoms with Crippen LogP contribution in [0.1, 0.15) is 25.3 Å². The Hall–Kier alpha value is -2.98. The summed E-state index contributed by atoms with van der Waals surface area (Å²) in [6.45, 7) is 7.23. The number of hydrogen-bond acceptors (Lipinski definition) is 8. The van der Waals surface area contributed by atoms with Gasteiger partial charge in [-0.05, 0) is 35.1 Å². The maximum Gasteiger partial charge on any atom is 0.233 e. The van der Waals surface area contributed by atoms with E-state index in [2.05, 4.69) is 69.2 Å². The Kier molecular flexibility index (Phi) is 6.28. The lowest BCUT2D eigenvalue weighted by Crippen LogP contribution is -2.49. The summed E-state index contributed by atoms with van der Waals surface area (Å²) < 4.78 is 1.93. The van der Waals surface area contributed by atoms with Gasteiger partial charge in [0.1, 0.15) is 23.3 Å². The highest BCUT2D eigenvalue weighted by atomic mass is 32.2. The lowest BCUT2D eigenvalue weighted by atomic mass is 10.0. The van der Waals surface area contributed by atoms with Gasteiger partial charge in [-0.3, -0.25) is 9.36 Å². The molecule has 0 atom stereocenters. The summed E-state index contributed by atoms with van der Waals surface area (Å²) in [6.07, 6.45) is 3.32. The van der Waals surface area contributed by atoms with Gasteiger partial charge in [0.25, 0.3) is 0 Å². The van der Waals surface area contributed by atoms with Crippen molar-refractivity contribution in [3.05, 3.63) is 53.9 Å². The van der Waals surface area contributed by atoms with Crippen molar-refractivity contribution in [3.8, 4) is 5.69 Å². The zero-order valence-corrected chi connectivity index (χ0v) is 20.2. The highest BCUT2D eigenvalue weighted by molar-refractivity contribution is 7.99. The maximum absolute atomic E-state index is 12.9. The maximum atomic E-state index is 12.9. The number of nitrogens with zero attached hydrogens (tertiary/aromatic N) is 7. The van der Waals surface area contributed by atoms with E-state index in [9.17, 15) is 4.79 Å². The first-order valence-electron chi connectivity index (χ1n) is 10.9. The van der Waals surface area contributed by atoms with Crippen molar-refractivity contribution in [2.75, 3.05) is 36.8 Å². The smallest absolute Gasteiger partial charge is 0.233 e. The van der Waals surface area contributed by atoms with E-state index in [1.807, 2.05) is 14.8 Å². The van der Waals surface area contributed by atoms with E-state index in [1.54, 1.807) is 24.0 Å². The second-order valence-electron chi connectivity index (χ2n) is 8.22. The number of rotatable bonds is 6. The molecule has 0 spiro atoms. The Labute approximate surface area is 200 Å². The monoisotopic (exact) mass is 479 g/mol. The van der Waals surface area contributed by atoms with Crippen LogP contribution in [0.3, 0.4) is 0 Å². The van der Waals surface area contributed by atoms with Crippen LogP contribution in [0.25, 0.3) is 15.9 Å². The third-order valence-electron chi connectivity index (χ3n) is 5.85. The lowest BCUT2D eigenvalue weighted by Gasteiger charge is -2.35. The molecule has 3 aromatic heterocycles. The molecule has 0 N–H and O–H groups in total. The first-order valence-corrected chi connectivity index (χ1v) is 12.8. The van der Waals surface area contributed by atoms with Gasteiger partial charge in [0.15, 0.2) is 5.16 Å². The fourth-order valence-corrected chi connectivity index (χ4v) is 5.49. The summed E-state index contributed by atoms with van der Waals surface area (Å²) in [5.74, 6) is 1.90. The molecule has 1 aromatic carbocycles. The van der Waals surface area contributed by atoms with E-state index >= 15 is 0 Å². The summed E-state index contributed by atoms with van der Waals surface area (Å²) in [5, 5.41) is 12.1. The number of thioether (sulfide) groups is 1. The van der Waals surface area contributed by atoms with Crippen LogP contribution in [-0.2, 0) is 4.79 Å². The van der Waals surface area contributed by atoms with Gasteiger partial charge in [-0.2, -0.15) is 0 Å². The van der Waals surface area contributed by atoms with Gasteiger partial charge < -0.3 is 9.80 Å². The molecule has 1 aliphatic heterocycles. The Morgan fingerprint density at radius 1 is 1.09 bits per heavy atom. The van der Waals surface area contributed by atoms with Crippen molar-refractivity contribution in [3.63, 3.8) is 0 Å². The molecule has 4 aromatic rings. The van der Waals surface area contributed by atoms with Crippen LogP contribution in [0.15, 0.2) is 53.5 Å². The fraction of sp³-hybridized carbons (Fsp3) is 0.348. The number of aromatic nitrogens is 5. The molecule has 1 aliphatic rings. The van der Waals surface area contributed by atoms with E-state index in [4.69, 9.17) is 0 Å². The zero-order chi connectivity index (χ0) is 22.8. The summed E-state index contributed by atoms with van der Waals surface area (Å²) in [4.78, 5) is 26.9. The van der Waals surface area contributed by atoms with E-state index in [0.29, 0.717) is 24.8 Å². The van der Waals surface area contributed by atoms with Crippen molar-refractivity contribution in [2.45, 2.75) is 24.9 Å². The number of hydrogen-bond donors (Lipinski definition) is 0. The fourth-order valence-electron chi connectivity index (χ4n) is 3.93. The molecule has 1 fully saturated rings. The largest absolute Gasteiger partial charge is 0.352 e. The summed E-state index contributed by atoms with van der Waals surface area (Å²) in [6, 6.07) is 10.5. The third-order valence-corrected chi connectivity index (χ3v) is 7.60. The molecule has 8 nitrogen and oxygen atoms in total. The van der Waals surface area contributed by atoms with E-state index in [1.165, 1.54) is 17.3 Å². The summed E-state index contributed by atoms with van der Waals surface area (Å²) >= 11 is 3.05. The Morgan fingerprint density at radius 3 is 2.64 bits per heavy atom. The van der Waals surface area contributed by atoms with Crippen LogP contribution in [-0.4, -0.2) is 67.5 Å². The third kappa shape index (κ3) is 4.58. The number of benzene rings is 1. The Morgan fingerprint density at radius 2 is 1.88 bits per heavy atom. The Balaban J connectivity index is 1.18. The summed E-state index contributed by atoms with van der Waals surface area (Å²) in [7, 11) is 0. The van der Waals surface area contributed by atoms with Gasteiger partial charge in [0.2, 0.25) is 5.91 Å². The van der Waals surface area contributed by atoms with Gasteiger partial charge in [-0.25, -0.2) is 9.97 Å². The first kappa shape index (κ1) is 21.8. The molecule has 5 rings (SSSR count). The molecule has 0 saturated carbocycles. The number of carbonyl (C=O) groups excluding carboxylic acids is 1. The van der Waals surface area contributed by atoms with Crippen molar-refractivity contribution >= 4 is 45.0 Å². The first-order chi connectivity index (χ1) is 16.1. The minimum atomic E-state index is 0.118. The lowest BCUT2D eigenvalue weighted by molar-refractivity contribution is -0.128. The predicted octanol–water partition coefficient (Wildman–Crippen LogP) is 3.84. The van der Waals surface area contributed by atoms with E-state index < -0.39 is 0 Å². The molecule has 0 bridgehead atoms. The average Bonchev–Trinajstić information content (AvgIpc) is 3.52. The minimum absolute atomic E-state index is 0.118. The molecular weight excluding hydrogens is 454 g/mol. The normalized spacial score (nSPS) is 14.4. The molecule has 33 heavy (non-hydrogen) atoms. The number of anilines is 1. The predicted molar refractivity (Wildman–Crippen MR) is 132 cm³/mol. The zero-order valence-electron chi connectivity index (χ0n) is 18.6. The van der Waals surface area contributed by atoms with Crippen molar-refractivity contribution in [1.82, 2.24) is 29.6 Å². The second-order valence-corrected chi connectivity index (χ2v) is 10.1. The number of amides is 1. The number of piperazine rings is 1. The van der Waals surface area contributed by atoms with Gasteiger partial charge in [-0.1, -0.05) is 37.7 Å². The van der Waals surface area contributed by atoms with Gasteiger partial charge in [-0.15, -0.1) is 21.5 Å². The van der Waals surface area contributed by atoms with E-state index in [0.717, 1.165) is 40.0 Å². The van der Waals surface area contributed by atoms with Crippen LogP contribution in [0.2, 0.25) is 0 Å². The molecule has 0 radical (unpaired) electrons. The standard InChI is InChI=1S/C23H25N7OS2/c1-16(2)17-3-5-18(6-4-17)30-15-26-27-23(30)33-13-20(31)28-8-10-29(11-9-28)21-19-7-12-32-22(19)25-14-24-21/h3-7,12,14-16H,8-11,13H2,1-2H3. The SMILES string of the molecule is CC(C)c1ccc(-n2cnnc2SCC(=O)N2CCN(c3ncnc4sccc34)CC2)cc1. The van der Waals surface area contributed by atoms with E-state index in [-0.39, 0.29) is 5.91 Å². The number of thiophene rings is 1. The number of fused-ring (bicyclic) bond motifs is 1. The molecule has 4 heterocycles. The van der Waals surface area contributed by atoms with Crippen LogP contribution in [0.4, 0.5) is 5.82 Å². The quantitative estimate of drug-likeness (QED) is 0.389. The van der Waals surface area contributed by atoms with Crippen molar-refractivity contribution in [1.29, 1.82) is 0 Å². The van der Waals surface area contributed by atoms with Crippen molar-refractivity contribution in [2.24, 2.45) is 0 Å². The van der Waals surface area contributed by atoms with Crippen LogP contribution < -0.4 is 4.90 Å². The molecule has 1 amide bonds. The van der Waals surface area contributed by atoms with Crippen molar-refractivity contribution < 1.29 is 4.79 Å². The average molecular weight is 480 g/mol. The van der Waals surface area contributed by atoms with Crippen LogP contribution in [0.5, 0.6) is 0 Å². The molecule has 10 heteroatoms. The molecule has 170 valence electrons. The van der Waals surface area contributed by atoms with Gasteiger partial charge in [0.05, 0.1) is 11.1 Å². The summed E-state index contributed by atoms with van der Waals surface area (Å²) in [5.41, 5.74) is 2.29. The highest BCUT2D eigenvalue weighted by Gasteiger charge is 2.24. The molecule has 1 saturated heterocycles. The Bertz CT molecular complexity index is 1240. The molecular formula is C23H25N7OS2. The number of carbonyl (C=O) groups is 1. The molecule has 0 unspecified atom stereocenters. The van der Waals surface area contributed by atoms with Gasteiger partial charge in [0, 0.05) is 31.9 Å². The van der Waals surface area contributed by atoms with Gasteiger partial charge >= 0.3 is 0 Å².